The van der Waals surface area contributed by atoms with E-state index in [1.54, 1.807) is 6.07 Å². The molecule has 1 rings (SSSR count). The molecule has 0 spiro atoms. The zero-order chi connectivity index (χ0) is 10.7. The zero-order valence-corrected chi connectivity index (χ0v) is 9.24. The van der Waals surface area contributed by atoms with Gasteiger partial charge in [-0.05, 0) is 43.0 Å². The van der Waals surface area contributed by atoms with Crippen LogP contribution in [-0.4, -0.2) is 6.54 Å². The molecule has 0 aliphatic rings. The topological polar surface area (TPSA) is 26.0 Å². The van der Waals surface area contributed by atoms with Gasteiger partial charge >= 0.3 is 0 Å². The SMILES string of the molecule is Cc1c(C(C)CCN)ccc(F)c1Cl. The van der Waals surface area contributed by atoms with E-state index < -0.39 is 0 Å². The van der Waals surface area contributed by atoms with Gasteiger partial charge in [0.05, 0.1) is 5.02 Å². The fourth-order valence-corrected chi connectivity index (χ4v) is 1.78. The number of hydrogen-bond acceptors (Lipinski definition) is 1. The first kappa shape index (κ1) is 11.5. The van der Waals surface area contributed by atoms with Gasteiger partial charge in [-0.2, -0.15) is 0 Å². The van der Waals surface area contributed by atoms with Crippen molar-refractivity contribution in [2.24, 2.45) is 5.73 Å². The van der Waals surface area contributed by atoms with Gasteiger partial charge in [0.15, 0.2) is 0 Å². The van der Waals surface area contributed by atoms with E-state index in [1.165, 1.54) is 6.07 Å². The molecule has 0 radical (unpaired) electrons. The molecule has 0 aromatic heterocycles. The van der Waals surface area contributed by atoms with Crippen LogP contribution in [-0.2, 0) is 0 Å². The maximum absolute atomic E-state index is 13.1. The summed E-state index contributed by atoms with van der Waals surface area (Å²) in [6.45, 7) is 4.55. The minimum atomic E-state index is -0.354. The van der Waals surface area contributed by atoms with Gasteiger partial charge in [-0.1, -0.05) is 24.6 Å². The van der Waals surface area contributed by atoms with Gasteiger partial charge in [0, 0.05) is 0 Å². The Balaban J connectivity index is 3.04. The molecule has 0 bridgehead atoms. The summed E-state index contributed by atoms with van der Waals surface area (Å²) in [5, 5.41) is 0.228. The van der Waals surface area contributed by atoms with Crippen LogP contribution in [0.2, 0.25) is 5.02 Å². The first-order valence-electron chi connectivity index (χ1n) is 4.72. The number of rotatable bonds is 3. The molecule has 1 unspecified atom stereocenters. The fourth-order valence-electron chi connectivity index (χ4n) is 1.61. The van der Waals surface area contributed by atoms with E-state index in [9.17, 15) is 4.39 Å². The summed E-state index contributed by atoms with van der Waals surface area (Å²) >= 11 is 5.82. The molecule has 1 nitrogen and oxygen atoms in total. The van der Waals surface area contributed by atoms with Gasteiger partial charge in [-0.15, -0.1) is 0 Å². The highest BCUT2D eigenvalue weighted by Gasteiger charge is 2.12. The Kier molecular flexibility index (Phi) is 3.90. The van der Waals surface area contributed by atoms with E-state index in [0.717, 1.165) is 17.5 Å². The quantitative estimate of drug-likeness (QED) is 0.823. The van der Waals surface area contributed by atoms with Crippen LogP contribution in [0.25, 0.3) is 0 Å². The minimum Gasteiger partial charge on any atom is -0.330 e. The lowest BCUT2D eigenvalue weighted by molar-refractivity contribution is 0.621. The van der Waals surface area contributed by atoms with E-state index in [-0.39, 0.29) is 10.8 Å². The first-order valence-corrected chi connectivity index (χ1v) is 5.10. The lowest BCUT2D eigenvalue weighted by Crippen LogP contribution is -2.06. The first-order chi connectivity index (χ1) is 6.57. The summed E-state index contributed by atoms with van der Waals surface area (Å²) in [4.78, 5) is 0. The Labute approximate surface area is 89.1 Å². The molecule has 0 heterocycles. The van der Waals surface area contributed by atoms with Crippen LogP contribution in [0.5, 0.6) is 0 Å². The third-order valence-electron chi connectivity index (χ3n) is 2.51. The molecular formula is C11H15ClFN. The average molecular weight is 216 g/mol. The highest BCUT2D eigenvalue weighted by atomic mass is 35.5. The molecule has 2 N–H and O–H groups in total. The fraction of sp³-hybridized carbons (Fsp3) is 0.455. The molecule has 0 fully saturated rings. The molecule has 1 aromatic carbocycles. The molecule has 0 amide bonds. The van der Waals surface area contributed by atoms with Crippen molar-refractivity contribution in [1.82, 2.24) is 0 Å². The molecule has 0 aliphatic carbocycles. The molecule has 0 aliphatic heterocycles. The third-order valence-corrected chi connectivity index (χ3v) is 2.98. The number of nitrogens with two attached hydrogens (primary N) is 1. The van der Waals surface area contributed by atoms with Crippen molar-refractivity contribution < 1.29 is 4.39 Å². The molecule has 1 atom stereocenters. The summed E-state index contributed by atoms with van der Waals surface area (Å²) in [5.74, 6) is -0.0223. The van der Waals surface area contributed by atoms with Crippen LogP contribution in [0.15, 0.2) is 12.1 Å². The zero-order valence-electron chi connectivity index (χ0n) is 8.48. The standard InChI is InChI=1S/C11H15ClFN/c1-7(5-6-14)9-3-4-10(13)11(12)8(9)2/h3-4,7H,5-6,14H2,1-2H3. The predicted molar refractivity (Wildman–Crippen MR) is 58.2 cm³/mol. The van der Waals surface area contributed by atoms with Crippen LogP contribution in [0.3, 0.4) is 0 Å². The molecular weight excluding hydrogens is 201 g/mol. The van der Waals surface area contributed by atoms with Crippen LogP contribution < -0.4 is 5.73 Å². The number of hydrogen-bond donors (Lipinski definition) is 1. The average Bonchev–Trinajstić information content (AvgIpc) is 2.15. The van der Waals surface area contributed by atoms with Gasteiger partial charge in [0.25, 0.3) is 0 Å². The Morgan fingerprint density at radius 1 is 1.50 bits per heavy atom. The summed E-state index contributed by atoms with van der Waals surface area (Å²) in [5.41, 5.74) is 7.39. The second-order valence-electron chi connectivity index (χ2n) is 3.55. The molecule has 14 heavy (non-hydrogen) atoms. The van der Waals surface area contributed by atoms with Gasteiger partial charge in [-0.25, -0.2) is 4.39 Å². The number of halogens is 2. The van der Waals surface area contributed by atoms with E-state index in [0.29, 0.717) is 12.5 Å². The van der Waals surface area contributed by atoms with Gasteiger partial charge in [-0.3, -0.25) is 0 Å². The Morgan fingerprint density at radius 2 is 2.14 bits per heavy atom. The molecule has 1 aromatic rings. The summed E-state index contributed by atoms with van der Waals surface area (Å²) in [6, 6.07) is 3.20. The van der Waals surface area contributed by atoms with Crippen molar-refractivity contribution in [3.63, 3.8) is 0 Å². The van der Waals surface area contributed by atoms with E-state index >= 15 is 0 Å². The maximum Gasteiger partial charge on any atom is 0.142 e. The summed E-state index contributed by atoms with van der Waals surface area (Å²) in [6.07, 6.45) is 0.892. The van der Waals surface area contributed by atoms with Gasteiger partial charge in [0.2, 0.25) is 0 Å². The lowest BCUT2D eigenvalue weighted by Gasteiger charge is -2.14. The second-order valence-corrected chi connectivity index (χ2v) is 3.93. The Bertz CT molecular complexity index is 325. The van der Waals surface area contributed by atoms with Crippen molar-refractivity contribution in [2.45, 2.75) is 26.2 Å². The smallest absolute Gasteiger partial charge is 0.142 e. The van der Waals surface area contributed by atoms with Crippen molar-refractivity contribution >= 4 is 11.6 Å². The van der Waals surface area contributed by atoms with Crippen molar-refractivity contribution in [2.75, 3.05) is 6.54 Å². The Morgan fingerprint density at radius 3 is 2.71 bits per heavy atom. The van der Waals surface area contributed by atoms with Gasteiger partial charge in [0.1, 0.15) is 5.82 Å². The van der Waals surface area contributed by atoms with Gasteiger partial charge < -0.3 is 5.73 Å². The highest BCUT2D eigenvalue weighted by molar-refractivity contribution is 6.31. The number of benzene rings is 1. The van der Waals surface area contributed by atoms with Crippen LogP contribution in [0.4, 0.5) is 4.39 Å². The maximum atomic E-state index is 13.1. The largest absolute Gasteiger partial charge is 0.330 e. The van der Waals surface area contributed by atoms with Crippen LogP contribution in [0, 0.1) is 12.7 Å². The van der Waals surface area contributed by atoms with Crippen molar-refractivity contribution in [1.29, 1.82) is 0 Å². The van der Waals surface area contributed by atoms with E-state index in [4.69, 9.17) is 17.3 Å². The van der Waals surface area contributed by atoms with E-state index in [2.05, 4.69) is 6.92 Å². The molecule has 0 saturated heterocycles. The van der Waals surface area contributed by atoms with Crippen LogP contribution in [0.1, 0.15) is 30.4 Å². The molecule has 3 heteroatoms. The lowest BCUT2D eigenvalue weighted by atomic mass is 9.94. The van der Waals surface area contributed by atoms with Crippen molar-refractivity contribution in [3.8, 4) is 0 Å². The predicted octanol–water partition coefficient (Wildman–Crippen LogP) is 3.24. The van der Waals surface area contributed by atoms with Crippen LogP contribution >= 0.6 is 11.6 Å². The molecule has 0 saturated carbocycles. The second kappa shape index (κ2) is 4.76. The van der Waals surface area contributed by atoms with E-state index in [1.807, 2.05) is 6.92 Å². The summed E-state index contributed by atoms with van der Waals surface area (Å²) in [7, 11) is 0. The minimum absolute atomic E-state index is 0.228. The Hall–Kier alpha value is -0.600. The third kappa shape index (κ3) is 2.25. The highest BCUT2D eigenvalue weighted by Crippen LogP contribution is 2.29. The normalized spacial score (nSPS) is 12.9. The monoisotopic (exact) mass is 215 g/mol. The summed E-state index contributed by atoms with van der Waals surface area (Å²) < 4.78 is 13.1. The van der Waals surface area contributed by atoms with Crippen molar-refractivity contribution in [3.05, 3.63) is 34.1 Å². The molecule has 78 valence electrons.